The van der Waals surface area contributed by atoms with Crippen molar-refractivity contribution in [2.45, 2.75) is 12.8 Å². The lowest BCUT2D eigenvalue weighted by atomic mass is 9.97. The van der Waals surface area contributed by atoms with Gasteiger partial charge in [0.05, 0.1) is 5.57 Å². The Balaban J connectivity index is 1.67. The van der Waals surface area contributed by atoms with E-state index in [0.717, 1.165) is 29.2 Å². The standard InChI is InChI=1S/C20H18ClNO3/c21-17-6-2-4-14-3-1-5-15(19(14)17)16-11-18(23)22(20(16)24)12-13-7-9-25-10-8-13/h1-6,11,13H,7-10,12H2. The van der Waals surface area contributed by atoms with Crippen molar-refractivity contribution in [2.75, 3.05) is 19.8 Å². The lowest BCUT2D eigenvalue weighted by Gasteiger charge is -2.26. The van der Waals surface area contributed by atoms with Gasteiger partial charge < -0.3 is 4.74 Å². The highest BCUT2D eigenvalue weighted by molar-refractivity contribution is 6.39. The van der Waals surface area contributed by atoms with Crippen LogP contribution >= 0.6 is 11.6 Å². The number of carbonyl (C=O) groups excluding carboxylic acids is 2. The lowest BCUT2D eigenvalue weighted by molar-refractivity contribution is -0.137. The van der Waals surface area contributed by atoms with Gasteiger partial charge in [-0.3, -0.25) is 14.5 Å². The van der Waals surface area contributed by atoms with E-state index in [1.54, 1.807) is 6.07 Å². The Morgan fingerprint density at radius 2 is 1.80 bits per heavy atom. The van der Waals surface area contributed by atoms with E-state index in [1.165, 1.54) is 11.0 Å². The van der Waals surface area contributed by atoms with Crippen molar-refractivity contribution < 1.29 is 14.3 Å². The number of halogens is 1. The fourth-order valence-electron chi connectivity index (χ4n) is 3.58. The van der Waals surface area contributed by atoms with Crippen LogP contribution < -0.4 is 0 Å². The molecular formula is C20H18ClNO3. The second-order valence-corrected chi connectivity index (χ2v) is 6.92. The number of nitrogens with zero attached hydrogens (tertiary/aromatic N) is 1. The number of amides is 2. The van der Waals surface area contributed by atoms with Crippen molar-refractivity contribution in [2.24, 2.45) is 5.92 Å². The monoisotopic (exact) mass is 355 g/mol. The molecule has 2 heterocycles. The van der Waals surface area contributed by atoms with Crippen LogP contribution in [-0.2, 0) is 14.3 Å². The molecule has 0 N–H and O–H groups in total. The largest absolute Gasteiger partial charge is 0.381 e. The summed E-state index contributed by atoms with van der Waals surface area (Å²) < 4.78 is 5.35. The maximum absolute atomic E-state index is 12.9. The molecule has 2 aliphatic heterocycles. The van der Waals surface area contributed by atoms with Gasteiger partial charge >= 0.3 is 0 Å². The first kappa shape index (κ1) is 16.3. The Labute approximate surface area is 151 Å². The van der Waals surface area contributed by atoms with Crippen molar-refractivity contribution in [3.63, 3.8) is 0 Å². The van der Waals surface area contributed by atoms with Crippen LogP contribution in [0.15, 0.2) is 42.5 Å². The van der Waals surface area contributed by atoms with Crippen molar-refractivity contribution in [3.8, 4) is 0 Å². The maximum atomic E-state index is 12.9. The van der Waals surface area contributed by atoms with Crippen molar-refractivity contribution in [3.05, 3.63) is 53.1 Å². The van der Waals surface area contributed by atoms with Gasteiger partial charge in [-0.05, 0) is 35.8 Å². The Hall–Kier alpha value is -2.17. The molecule has 1 fully saturated rings. The summed E-state index contributed by atoms with van der Waals surface area (Å²) in [5.74, 6) is -0.162. The molecule has 1 saturated heterocycles. The average molecular weight is 356 g/mol. The zero-order valence-corrected chi connectivity index (χ0v) is 14.5. The van der Waals surface area contributed by atoms with Gasteiger partial charge in [0.25, 0.3) is 11.8 Å². The minimum absolute atomic E-state index is 0.232. The van der Waals surface area contributed by atoms with Gasteiger partial charge in [0.2, 0.25) is 0 Å². The third-order valence-electron chi connectivity index (χ3n) is 4.94. The van der Waals surface area contributed by atoms with Gasteiger partial charge in [-0.25, -0.2) is 0 Å². The minimum Gasteiger partial charge on any atom is -0.381 e. The van der Waals surface area contributed by atoms with Gasteiger partial charge in [-0.15, -0.1) is 0 Å². The molecule has 2 amide bonds. The summed E-state index contributed by atoms with van der Waals surface area (Å²) in [5.41, 5.74) is 1.15. The first-order valence-corrected chi connectivity index (χ1v) is 8.86. The lowest BCUT2D eigenvalue weighted by Crippen LogP contribution is -2.37. The van der Waals surface area contributed by atoms with Gasteiger partial charge in [0.15, 0.2) is 0 Å². The summed E-state index contributed by atoms with van der Waals surface area (Å²) in [6, 6.07) is 11.3. The minimum atomic E-state index is -0.240. The van der Waals surface area contributed by atoms with E-state index in [4.69, 9.17) is 16.3 Å². The SMILES string of the molecule is O=C1C=C(c2cccc3cccc(Cl)c23)C(=O)N1CC1CCOCC1. The highest BCUT2D eigenvalue weighted by atomic mass is 35.5. The number of fused-ring (bicyclic) bond motifs is 1. The quantitative estimate of drug-likeness (QED) is 0.789. The normalized spacial score (nSPS) is 18.9. The molecule has 25 heavy (non-hydrogen) atoms. The van der Waals surface area contributed by atoms with Gasteiger partial charge in [-0.1, -0.05) is 41.9 Å². The zero-order chi connectivity index (χ0) is 17.4. The van der Waals surface area contributed by atoms with Crippen molar-refractivity contribution in [1.29, 1.82) is 0 Å². The molecule has 0 radical (unpaired) electrons. The molecule has 0 saturated carbocycles. The topological polar surface area (TPSA) is 46.6 Å². The number of hydrogen-bond donors (Lipinski definition) is 0. The van der Waals surface area contributed by atoms with Crippen LogP contribution in [0.25, 0.3) is 16.3 Å². The van der Waals surface area contributed by atoms with Crippen LogP contribution in [0.1, 0.15) is 18.4 Å². The number of ether oxygens (including phenoxy) is 1. The van der Waals surface area contributed by atoms with E-state index < -0.39 is 0 Å². The summed E-state index contributed by atoms with van der Waals surface area (Å²) in [4.78, 5) is 26.7. The summed E-state index contributed by atoms with van der Waals surface area (Å²) >= 11 is 6.37. The van der Waals surface area contributed by atoms with E-state index in [2.05, 4.69) is 0 Å². The molecule has 4 rings (SSSR count). The smallest absolute Gasteiger partial charge is 0.261 e. The second kappa shape index (κ2) is 6.62. The van der Waals surface area contributed by atoms with Crippen molar-refractivity contribution >= 4 is 39.8 Å². The molecule has 128 valence electrons. The Morgan fingerprint density at radius 3 is 2.56 bits per heavy atom. The molecular weight excluding hydrogens is 338 g/mol. The molecule has 0 bridgehead atoms. The molecule has 2 aliphatic rings. The van der Waals surface area contributed by atoms with Crippen LogP contribution in [0.5, 0.6) is 0 Å². The van der Waals surface area contributed by atoms with E-state index in [9.17, 15) is 9.59 Å². The number of carbonyl (C=O) groups is 2. The molecule has 0 aliphatic carbocycles. The van der Waals surface area contributed by atoms with Crippen LogP contribution in [0, 0.1) is 5.92 Å². The predicted octanol–water partition coefficient (Wildman–Crippen LogP) is 3.67. The molecule has 4 nitrogen and oxygen atoms in total. The van der Waals surface area contributed by atoms with Crippen LogP contribution in [0.3, 0.4) is 0 Å². The highest BCUT2D eigenvalue weighted by Crippen LogP contribution is 2.34. The van der Waals surface area contributed by atoms with Gasteiger partial charge in [-0.2, -0.15) is 0 Å². The van der Waals surface area contributed by atoms with Crippen LogP contribution in [0.2, 0.25) is 5.02 Å². The molecule has 2 aromatic rings. The third kappa shape index (κ3) is 2.96. The molecule has 2 aromatic carbocycles. The highest BCUT2D eigenvalue weighted by Gasteiger charge is 2.34. The number of imide groups is 1. The van der Waals surface area contributed by atoms with E-state index in [1.807, 2.05) is 30.3 Å². The number of hydrogen-bond acceptors (Lipinski definition) is 3. The first-order chi connectivity index (χ1) is 12.1. The number of benzene rings is 2. The van der Waals surface area contributed by atoms with Crippen LogP contribution in [-0.4, -0.2) is 36.5 Å². The summed E-state index contributed by atoms with van der Waals surface area (Å²) in [6.45, 7) is 1.85. The van der Waals surface area contributed by atoms with E-state index in [0.29, 0.717) is 36.3 Å². The zero-order valence-electron chi connectivity index (χ0n) is 13.7. The average Bonchev–Trinajstić information content (AvgIpc) is 2.90. The second-order valence-electron chi connectivity index (χ2n) is 6.51. The fraction of sp³-hybridized carbons (Fsp3) is 0.300. The molecule has 5 heteroatoms. The van der Waals surface area contributed by atoms with Crippen molar-refractivity contribution in [1.82, 2.24) is 4.90 Å². The fourth-order valence-corrected chi connectivity index (χ4v) is 3.86. The first-order valence-electron chi connectivity index (χ1n) is 8.48. The van der Waals surface area contributed by atoms with Crippen LogP contribution in [0.4, 0.5) is 0 Å². The predicted molar refractivity (Wildman–Crippen MR) is 97.2 cm³/mol. The summed E-state index contributed by atoms with van der Waals surface area (Å²) in [5, 5.41) is 2.35. The third-order valence-corrected chi connectivity index (χ3v) is 5.25. The molecule has 0 atom stereocenters. The molecule has 0 unspecified atom stereocenters. The Morgan fingerprint density at radius 1 is 1.08 bits per heavy atom. The summed E-state index contributed by atoms with van der Waals surface area (Å²) in [7, 11) is 0. The van der Waals surface area contributed by atoms with Gasteiger partial charge in [0.1, 0.15) is 0 Å². The van der Waals surface area contributed by atoms with E-state index in [-0.39, 0.29) is 11.8 Å². The van der Waals surface area contributed by atoms with E-state index >= 15 is 0 Å². The van der Waals surface area contributed by atoms with Gasteiger partial charge in [0, 0.05) is 36.2 Å². The Bertz CT molecular complexity index is 878. The Kier molecular flexibility index (Phi) is 4.32. The molecule has 0 aromatic heterocycles. The molecule has 0 spiro atoms. The summed E-state index contributed by atoms with van der Waals surface area (Å²) in [6.07, 6.45) is 3.21. The maximum Gasteiger partial charge on any atom is 0.261 e. The number of rotatable bonds is 3.